The van der Waals surface area contributed by atoms with Gasteiger partial charge in [0.1, 0.15) is 11.9 Å². The normalized spacial score (nSPS) is 17.3. The SMILES string of the molecule is Cc1nn(-c2ccccc2)c2c1[C@@H](c1ccc(C(C)(F)F)cc1)[C@H](NC(=O)c1ccccc1)C(=O)N2. The largest absolute Gasteiger partial charge is 0.339 e. The topological polar surface area (TPSA) is 76.0 Å². The van der Waals surface area contributed by atoms with Gasteiger partial charge < -0.3 is 10.6 Å². The Morgan fingerprint density at radius 3 is 2.19 bits per heavy atom. The fraction of sp³-hybridized carbons (Fsp3) is 0.179. The molecule has 2 atom stereocenters. The van der Waals surface area contributed by atoms with Crippen molar-refractivity contribution in [2.45, 2.75) is 31.7 Å². The number of nitrogens with one attached hydrogen (secondary N) is 2. The lowest BCUT2D eigenvalue weighted by Gasteiger charge is -2.33. The zero-order chi connectivity index (χ0) is 25.4. The summed E-state index contributed by atoms with van der Waals surface area (Å²) >= 11 is 0. The van der Waals surface area contributed by atoms with Gasteiger partial charge in [0.25, 0.3) is 11.8 Å². The minimum Gasteiger partial charge on any atom is -0.339 e. The number of nitrogens with zero attached hydrogens (tertiary/aromatic N) is 2. The highest BCUT2D eigenvalue weighted by atomic mass is 19.3. The minimum absolute atomic E-state index is 0.131. The molecule has 0 saturated carbocycles. The Bertz CT molecular complexity index is 1410. The van der Waals surface area contributed by atoms with E-state index in [-0.39, 0.29) is 5.56 Å². The van der Waals surface area contributed by atoms with Crippen LogP contribution in [0.4, 0.5) is 14.6 Å². The summed E-state index contributed by atoms with van der Waals surface area (Å²) in [6.45, 7) is 2.67. The average molecular weight is 487 g/mol. The average Bonchev–Trinajstić information content (AvgIpc) is 3.20. The molecule has 2 heterocycles. The van der Waals surface area contributed by atoms with E-state index >= 15 is 0 Å². The van der Waals surface area contributed by atoms with E-state index in [2.05, 4.69) is 15.7 Å². The molecule has 0 saturated heterocycles. The van der Waals surface area contributed by atoms with Gasteiger partial charge in [-0.3, -0.25) is 9.59 Å². The minimum atomic E-state index is -3.00. The van der Waals surface area contributed by atoms with Crippen LogP contribution < -0.4 is 10.6 Å². The van der Waals surface area contributed by atoms with Crippen LogP contribution in [-0.4, -0.2) is 27.6 Å². The van der Waals surface area contributed by atoms with Crippen molar-refractivity contribution in [2.75, 3.05) is 5.32 Å². The van der Waals surface area contributed by atoms with Crippen molar-refractivity contribution in [3.8, 4) is 5.69 Å². The Morgan fingerprint density at radius 1 is 0.972 bits per heavy atom. The number of amides is 2. The van der Waals surface area contributed by atoms with Gasteiger partial charge in [-0.1, -0.05) is 60.7 Å². The molecular formula is C28H24F2N4O2. The van der Waals surface area contributed by atoms with Crippen LogP contribution >= 0.6 is 0 Å². The third-order valence-electron chi connectivity index (χ3n) is 6.38. The summed E-state index contributed by atoms with van der Waals surface area (Å²) in [5.41, 5.74) is 3.03. The third-order valence-corrected chi connectivity index (χ3v) is 6.38. The maximum absolute atomic E-state index is 13.9. The second-order valence-corrected chi connectivity index (χ2v) is 8.89. The van der Waals surface area contributed by atoms with Crippen LogP contribution in [-0.2, 0) is 10.7 Å². The molecule has 2 amide bonds. The van der Waals surface area contributed by atoms with Crippen LogP contribution in [0, 0.1) is 6.92 Å². The number of fused-ring (bicyclic) bond motifs is 1. The molecule has 0 aliphatic carbocycles. The standard InChI is InChI=1S/C28H24F2N4O2/c1-17-22-23(18-13-15-20(16-14-18)28(2,29)30)24(31-26(35)19-9-5-3-6-10-19)27(36)32-25(22)34(33-17)21-11-7-4-8-12-21/h3-16,23-24H,1-2H3,(H,31,35)(H,32,36)/t23-,24+/m1/s1. The molecular weight excluding hydrogens is 462 g/mol. The predicted octanol–water partition coefficient (Wildman–Crippen LogP) is 5.18. The molecule has 0 fully saturated rings. The first-order valence-corrected chi connectivity index (χ1v) is 11.5. The van der Waals surface area contributed by atoms with E-state index in [4.69, 9.17) is 0 Å². The molecule has 6 nitrogen and oxygen atoms in total. The van der Waals surface area contributed by atoms with Crippen LogP contribution in [0.1, 0.15) is 45.6 Å². The number of hydrogen-bond acceptors (Lipinski definition) is 3. The maximum atomic E-state index is 13.9. The highest BCUT2D eigenvalue weighted by Gasteiger charge is 2.42. The van der Waals surface area contributed by atoms with E-state index < -0.39 is 29.7 Å². The number of carbonyl (C=O) groups excluding carboxylic acids is 2. The maximum Gasteiger partial charge on any atom is 0.270 e. The van der Waals surface area contributed by atoms with Crippen molar-refractivity contribution in [3.63, 3.8) is 0 Å². The quantitative estimate of drug-likeness (QED) is 0.408. The van der Waals surface area contributed by atoms with Crippen molar-refractivity contribution in [3.05, 3.63) is 113 Å². The Labute approximate surface area is 207 Å². The fourth-order valence-electron chi connectivity index (χ4n) is 4.61. The molecule has 36 heavy (non-hydrogen) atoms. The Balaban J connectivity index is 1.63. The molecule has 0 unspecified atom stereocenters. The van der Waals surface area contributed by atoms with Crippen LogP contribution in [0.15, 0.2) is 84.9 Å². The molecule has 2 N–H and O–H groups in total. The number of benzene rings is 3. The number of carbonyl (C=O) groups is 2. The summed E-state index contributed by atoms with van der Waals surface area (Å²) in [6.07, 6.45) is 0. The van der Waals surface area contributed by atoms with Crippen molar-refractivity contribution in [1.82, 2.24) is 15.1 Å². The van der Waals surface area contributed by atoms with Gasteiger partial charge >= 0.3 is 0 Å². The molecule has 0 spiro atoms. The number of hydrogen-bond donors (Lipinski definition) is 2. The molecule has 1 aliphatic rings. The molecule has 4 aromatic rings. The first kappa shape index (κ1) is 23.4. The summed E-state index contributed by atoms with van der Waals surface area (Å²) in [5, 5.41) is 10.4. The van der Waals surface area contributed by atoms with Gasteiger partial charge in [0.15, 0.2) is 0 Å². The number of aryl methyl sites for hydroxylation is 1. The summed E-state index contributed by atoms with van der Waals surface area (Å²) in [7, 11) is 0. The van der Waals surface area contributed by atoms with E-state index in [1.807, 2.05) is 37.3 Å². The number of anilines is 1. The van der Waals surface area contributed by atoms with E-state index in [0.29, 0.717) is 28.2 Å². The van der Waals surface area contributed by atoms with Crippen LogP contribution in [0.25, 0.3) is 5.69 Å². The summed E-state index contributed by atoms with van der Waals surface area (Å²) in [4.78, 5) is 26.5. The lowest BCUT2D eigenvalue weighted by molar-refractivity contribution is -0.118. The summed E-state index contributed by atoms with van der Waals surface area (Å²) < 4.78 is 29.4. The van der Waals surface area contributed by atoms with Crippen molar-refractivity contribution < 1.29 is 18.4 Å². The van der Waals surface area contributed by atoms with Gasteiger partial charge in [0.05, 0.1) is 11.4 Å². The summed E-state index contributed by atoms with van der Waals surface area (Å²) in [6, 6.07) is 22.9. The molecule has 1 aromatic heterocycles. The van der Waals surface area contributed by atoms with Crippen LogP contribution in [0.3, 0.4) is 0 Å². The lowest BCUT2D eigenvalue weighted by Crippen LogP contribution is -2.50. The molecule has 1 aliphatic heterocycles. The van der Waals surface area contributed by atoms with Crippen molar-refractivity contribution >= 4 is 17.6 Å². The summed E-state index contributed by atoms with van der Waals surface area (Å²) in [5.74, 6) is -3.97. The monoisotopic (exact) mass is 486 g/mol. The second kappa shape index (κ2) is 9.03. The Kier molecular flexibility index (Phi) is 5.88. The fourth-order valence-corrected chi connectivity index (χ4v) is 4.61. The van der Waals surface area contributed by atoms with E-state index in [1.54, 1.807) is 47.1 Å². The highest BCUT2D eigenvalue weighted by molar-refractivity contribution is 6.04. The molecule has 0 bridgehead atoms. The van der Waals surface area contributed by atoms with Crippen molar-refractivity contribution in [2.24, 2.45) is 0 Å². The Morgan fingerprint density at radius 2 is 1.58 bits per heavy atom. The van der Waals surface area contributed by atoms with Gasteiger partial charge in [0.2, 0.25) is 5.91 Å². The van der Waals surface area contributed by atoms with Gasteiger partial charge in [-0.25, -0.2) is 13.5 Å². The van der Waals surface area contributed by atoms with Crippen LogP contribution in [0.2, 0.25) is 0 Å². The number of alkyl halides is 2. The van der Waals surface area contributed by atoms with E-state index in [1.165, 1.54) is 12.1 Å². The first-order valence-electron chi connectivity index (χ1n) is 11.5. The van der Waals surface area contributed by atoms with E-state index in [9.17, 15) is 18.4 Å². The molecule has 5 rings (SSSR count). The molecule has 8 heteroatoms. The van der Waals surface area contributed by atoms with Gasteiger partial charge in [-0.2, -0.15) is 5.10 Å². The van der Waals surface area contributed by atoms with E-state index in [0.717, 1.165) is 12.6 Å². The van der Waals surface area contributed by atoms with Gasteiger partial charge in [-0.05, 0) is 36.8 Å². The van der Waals surface area contributed by atoms with Crippen LogP contribution in [0.5, 0.6) is 0 Å². The zero-order valence-electron chi connectivity index (χ0n) is 19.7. The Hall–Kier alpha value is -4.33. The third kappa shape index (κ3) is 4.26. The molecule has 0 radical (unpaired) electrons. The number of rotatable bonds is 5. The number of halogens is 2. The number of aromatic nitrogens is 2. The zero-order valence-corrected chi connectivity index (χ0v) is 19.7. The highest BCUT2D eigenvalue weighted by Crippen LogP contribution is 2.41. The van der Waals surface area contributed by atoms with Gasteiger partial charge in [-0.15, -0.1) is 0 Å². The smallest absolute Gasteiger partial charge is 0.270 e. The second-order valence-electron chi connectivity index (χ2n) is 8.89. The van der Waals surface area contributed by atoms with Crippen molar-refractivity contribution in [1.29, 1.82) is 0 Å². The number of para-hydroxylation sites is 1. The van der Waals surface area contributed by atoms with Gasteiger partial charge in [0, 0.05) is 29.5 Å². The molecule has 182 valence electrons. The lowest BCUT2D eigenvalue weighted by atomic mass is 9.81. The molecule has 3 aromatic carbocycles. The predicted molar refractivity (Wildman–Crippen MR) is 132 cm³/mol. The first-order chi connectivity index (χ1) is 17.2.